The number of nitrogens with one attached hydrogen (secondary N) is 2. The summed E-state index contributed by atoms with van der Waals surface area (Å²) in [5, 5.41) is 6.93. The number of anilines is 2. The van der Waals surface area contributed by atoms with Crippen LogP contribution in [0.4, 0.5) is 16.0 Å². The van der Waals surface area contributed by atoms with Crippen LogP contribution in [0.1, 0.15) is 27.0 Å². The van der Waals surface area contributed by atoms with Gasteiger partial charge in [-0.05, 0) is 55.6 Å². The van der Waals surface area contributed by atoms with Gasteiger partial charge in [-0.2, -0.15) is 0 Å². The molecule has 6 rings (SSSR count). The van der Waals surface area contributed by atoms with Gasteiger partial charge >= 0.3 is 0 Å². The second kappa shape index (κ2) is 9.96. The molecule has 0 spiro atoms. The number of likely N-dealkylation sites (N-methyl/N-ethyl adjacent to an activating group) is 1. The van der Waals surface area contributed by atoms with Crippen molar-refractivity contribution in [2.24, 2.45) is 4.99 Å². The fourth-order valence-corrected chi connectivity index (χ4v) is 4.87. The number of hydrogen-bond donors (Lipinski definition) is 2. The van der Waals surface area contributed by atoms with Gasteiger partial charge in [0.1, 0.15) is 5.82 Å². The molecule has 1 amide bonds. The molecule has 2 aliphatic rings. The van der Waals surface area contributed by atoms with Gasteiger partial charge in [0, 0.05) is 63.9 Å². The van der Waals surface area contributed by atoms with Crippen LogP contribution in [0.5, 0.6) is 0 Å². The van der Waals surface area contributed by atoms with E-state index in [4.69, 9.17) is 21.6 Å². The second-order valence-electron chi connectivity index (χ2n) is 9.30. The van der Waals surface area contributed by atoms with Gasteiger partial charge in [0.05, 0.1) is 18.0 Å². The number of nitrogens with zero attached hydrogens (tertiary/aromatic N) is 4. The summed E-state index contributed by atoms with van der Waals surface area (Å²) < 4.78 is 14.7. The summed E-state index contributed by atoms with van der Waals surface area (Å²) in [5.41, 5.74) is 5.35. The van der Waals surface area contributed by atoms with E-state index in [0.717, 1.165) is 16.8 Å². The van der Waals surface area contributed by atoms with Crippen LogP contribution in [-0.4, -0.2) is 52.7 Å². The zero-order valence-corrected chi connectivity index (χ0v) is 21.3. The summed E-state index contributed by atoms with van der Waals surface area (Å²) in [5.74, 6) is 0.0670. The number of rotatable bonds is 5. The van der Waals surface area contributed by atoms with Gasteiger partial charge in [0.2, 0.25) is 5.95 Å². The van der Waals surface area contributed by atoms with Gasteiger partial charge in [-0.15, -0.1) is 0 Å². The Kier molecular flexibility index (Phi) is 6.35. The quantitative estimate of drug-likeness (QED) is 0.379. The van der Waals surface area contributed by atoms with Crippen molar-refractivity contribution in [3.63, 3.8) is 0 Å². The number of benzene rings is 3. The maximum atomic E-state index is 14.7. The van der Waals surface area contributed by atoms with Crippen molar-refractivity contribution in [2.45, 2.75) is 12.6 Å². The molecule has 2 aliphatic heterocycles. The fourth-order valence-electron chi connectivity index (χ4n) is 4.70. The van der Waals surface area contributed by atoms with Gasteiger partial charge in [-0.25, -0.2) is 14.4 Å². The first kappa shape index (κ1) is 24.2. The Morgan fingerprint density at radius 3 is 2.58 bits per heavy atom. The number of carbonyl (C=O) groups is 1. The number of likely N-dealkylation sites (tertiary alicyclic amines) is 1. The predicted molar refractivity (Wildman–Crippen MR) is 147 cm³/mol. The van der Waals surface area contributed by atoms with E-state index in [1.54, 1.807) is 48.7 Å². The van der Waals surface area contributed by atoms with Crippen LogP contribution in [0.3, 0.4) is 0 Å². The van der Waals surface area contributed by atoms with Crippen LogP contribution in [0.2, 0.25) is 5.02 Å². The number of fused-ring (bicyclic) bond motifs is 3. The van der Waals surface area contributed by atoms with E-state index < -0.39 is 0 Å². The van der Waals surface area contributed by atoms with Crippen LogP contribution >= 0.6 is 11.6 Å². The lowest BCUT2D eigenvalue weighted by atomic mass is 9.95. The average molecular weight is 527 g/mol. The van der Waals surface area contributed by atoms with Crippen LogP contribution in [0.25, 0.3) is 11.3 Å². The molecule has 0 saturated carbocycles. The van der Waals surface area contributed by atoms with Crippen molar-refractivity contribution in [1.29, 1.82) is 0 Å². The van der Waals surface area contributed by atoms with Crippen LogP contribution < -0.4 is 10.6 Å². The number of amides is 1. The SMILES string of the molecule is CNC1CN(C(=O)c2ccc(Nc3ncc4c(n3)-c3ccc(Cl)cc3C(c3ccccc3F)=NC4)cc2)C1. The highest BCUT2D eigenvalue weighted by Gasteiger charge is 2.30. The van der Waals surface area contributed by atoms with E-state index in [1.165, 1.54) is 6.07 Å². The van der Waals surface area contributed by atoms with E-state index >= 15 is 0 Å². The molecule has 190 valence electrons. The third-order valence-corrected chi connectivity index (χ3v) is 7.09. The molecule has 4 aromatic rings. The summed E-state index contributed by atoms with van der Waals surface area (Å²) in [7, 11) is 1.90. The standard InChI is InChI=1S/C29H24ClFN6O/c1-32-21-15-37(16-21)28(38)17-6-9-20(10-7-17)35-29-34-14-18-13-33-27(23-4-2-3-5-25(23)31)24-12-19(30)8-11-22(24)26(18)36-29/h2-12,14,21,32H,13,15-16H2,1H3,(H,34,35,36). The second-order valence-corrected chi connectivity index (χ2v) is 9.74. The summed E-state index contributed by atoms with van der Waals surface area (Å²) >= 11 is 6.35. The molecule has 0 radical (unpaired) electrons. The molecule has 38 heavy (non-hydrogen) atoms. The maximum absolute atomic E-state index is 14.7. The molecular formula is C29H24ClFN6O. The Balaban J connectivity index is 1.28. The molecule has 1 saturated heterocycles. The Hall–Kier alpha value is -4.14. The molecule has 0 unspecified atom stereocenters. The maximum Gasteiger partial charge on any atom is 0.253 e. The Bertz CT molecular complexity index is 1570. The number of halogens is 2. The van der Waals surface area contributed by atoms with Crippen LogP contribution in [0.15, 0.2) is 77.9 Å². The average Bonchev–Trinajstić information content (AvgIpc) is 3.05. The van der Waals surface area contributed by atoms with E-state index in [2.05, 4.69) is 15.6 Å². The lowest BCUT2D eigenvalue weighted by molar-refractivity contribution is 0.0577. The third kappa shape index (κ3) is 4.53. The zero-order chi connectivity index (χ0) is 26.2. The number of hydrogen-bond acceptors (Lipinski definition) is 6. The molecule has 1 fully saturated rings. The van der Waals surface area contributed by atoms with E-state index in [9.17, 15) is 9.18 Å². The van der Waals surface area contributed by atoms with Crippen molar-refractivity contribution < 1.29 is 9.18 Å². The summed E-state index contributed by atoms with van der Waals surface area (Å²) in [4.78, 5) is 28.5. The van der Waals surface area contributed by atoms with Crippen molar-refractivity contribution in [2.75, 3.05) is 25.5 Å². The van der Waals surface area contributed by atoms with Gasteiger partial charge in [-0.1, -0.05) is 29.8 Å². The first-order valence-corrected chi connectivity index (χ1v) is 12.7. The summed E-state index contributed by atoms with van der Waals surface area (Å²) in [6.07, 6.45) is 1.73. The molecule has 0 bridgehead atoms. The normalized spacial score (nSPS) is 14.6. The van der Waals surface area contributed by atoms with E-state index in [1.807, 2.05) is 30.1 Å². The van der Waals surface area contributed by atoms with Gasteiger partial charge < -0.3 is 15.5 Å². The fraction of sp³-hybridized carbons (Fsp3) is 0.172. The van der Waals surface area contributed by atoms with E-state index in [0.29, 0.717) is 64.7 Å². The monoisotopic (exact) mass is 526 g/mol. The third-order valence-electron chi connectivity index (χ3n) is 6.86. The highest BCUT2D eigenvalue weighted by Crippen LogP contribution is 2.34. The minimum atomic E-state index is -0.352. The molecule has 7 nitrogen and oxygen atoms in total. The lowest BCUT2D eigenvalue weighted by Crippen LogP contribution is -2.58. The number of carbonyl (C=O) groups excluding carboxylic acids is 1. The number of aromatic nitrogens is 2. The molecule has 0 atom stereocenters. The number of aliphatic imine (C=N–C) groups is 1. The predicted octanol–water partition coefficient (Wildman–Crippen LogP) is 5.07. The Morgan fingerprint density at radius 2 is 1.82 bits per heavy atom. The van der Waals surface area contributed by atoms with Crippen LogP contribution in [0, 0.1) is 5.82 Å². The van der Waals surface area contributed by atoms with Crippen LogP contribution in [-0.2, 0) is 6.54 Å². The Labute approximate surface area is 224 Å². The highest BCUT2D eigenvalue weighted by molar-refractivity contribution is 6.31. The first-order chi connectivity index (χ1) is 18.5. The largest absolute Gasteiger partial charge is 0.335 e. The lowest BCUT2D eigenvalue weighted by Gasteiger charge is -2.39. The summed E-state index contributed by atoms with van der Waals surface area (Å²) in [6, 6.07) is 19.7. The van der Waals surface area contributed by atoms with Gasteiger partial charge in [0.15, 0.2) is 0 Å². The van der Waals surface area contributed by atoms with Gasteiger partial charge in [0.25, 0.3) is 5.91 Å². The molecule has 1 aromatic heterocycles. The minimum Gasteiger partial charge on any atom is -0.335 e. The smallest absolute Gasteiger partial charge is 0.253 e. The minimum absolute atomic E-state index is 0.0188. The molecule has 9 heteroatoms. The highest BCUT2D eigenvalue weighted by atomic mass is 35.5. The molecular weight excluding hydrogens is 503 g/mol. The van der Waals surface area contributed by atoms with Crippen molar-refractivity contribution in [3.05, 3.63) is 106 Å². The van der Waals surface area contributed by atoms with Gasteiger partial charge in [-0.3, -0.25) is 9.79 Å². The first-order valence-electron chi connectivity index (χ1n) is 12.3. The topological polar surface area (TPSA) is 82.5 Å². The van der Waals surface area contributed by atoms with E-state index in [-0.39, 0.29) is 11.7 Å². The van der Waals surface area contributed by atoms with Crippen molar-refractivity contribution in [3.8, 4) is 11.3 Å². The summed E-state index contributed by atoms with van der Waals surface area (Å²) in [6.45, 7) is 1.73. The molecule has 2 N–H and O–H groups in total. The van der Waals surface area contributed by atoms with Crippen molar-refractivity contribution >= 4 is 34.9 Å². The van der Waals surface area contributed by atoms with Crippen molar-refractivity contribution in [1.82, 2.24) is 20.2 Å². The molecule has 3 heterocycles. The zero-order valence-electron chi connectivity index (χ0n) is 20.6. The molecule has 0 aliphatic carbocycles. The molecule has 3 aromatic carbocycles. The Morgan fingerprint density at radius 1 is 1.03 bits per heavy atom.